The van der Waals surface area contributed by atoms with Gasteiger partial charge in [0.15, 0.2) is 0 Å². The van der Waals surface area contributed by atoms with Crippen LogP contribution in [-0.4, -0.2) is 31.1 Å². The maximum atomic E-state index is 12.7. The molecule has 0 aliphatic carbocycles. The van der Waals surface area contributed by atoms with Crippen molar-refractivity contribution in [1.82, 2.24) is 4.90 Å². The van der Waals surface area contributed by atoms with Gasteiger partial charge >= 0.3 is 6.03 Å². The number of nitrogens with one attached hydrogen (secondary N) is 1. The first-order valence-electron chi connectivity index (χ1n) is 8.61. The summed E-state index contributed by atoms with van der Waals surface area (Å²) < 4.78 is 5.21. The Bertz CT molecular complexity index is 718. The normalized spacial score (nSPS) is 17.7. The van der Waals surface area contributed by atoms with Gasteiger partial charge in [0.05, 0.1) is 7.11 Å². The lowest BCUT2D eigenvalue weighted by molar-refractivity contribution is 0.211. The number of rotatable bonds is 3. The second-order valence-electron chi connectivity index (χ2n) is 6.35. The van der Waals surface area contributed by atoms with Crippen molar-refractivity contribution in [3.63, 3.8) is 0 Å². The number of hydrogen-bond acceptors (Lipinski definition) is 2. The highest BCUT2D eigenvalue weighted by Gasteiger charge is 2.23. The second-order valence-corrected chi connectivity index (χ2v) is 6.79. The van der Waals surface area contributed by atoms with E-state index >= 15 is 0 Å². The molecule has 0 spiro atoms. The van der Waals surface area contributed by atoms with Crippen LogP contribution in [0.15, 0.2) is 48.5 Å². The maximum absolute atomic E-state index is 12.7. The van der Waals surface area contributed by atoms with Crippen LogP contribution in [0.3, 0.4) is 0 Å². The standard InChI is InChI=1S/C20H23ClN2O2/c1-25-19-7-4-6-18(13-19)22-20(24)23-12-3-2-5-16(14-23)15-8-10-17(21)11-9-15/h4,6-11,13,16H,2-3,5,12,14H2,1H3,(H,22,24). The van der Waals surface area contributed by atoms with Crippen molar-refractivity contribution >= 4 is 23.3 Å². The first-order valence-corrected chi connectivity index (χ1v) is 8.99. The van der Waals surface area contributed by atoms with Gasteiger partial charge in [-0.25, -0.2) is 4.79 Å². The Morgan fingerprint density at radius 1 is 1.20 bits per heavy atom. The minimum atomic E-state index is -0.0610. The Balaban J connectivity index is 1.69. The SMILES string of the molecule is COc1cccc(NC(=O)N2CCCCC(c3ccc(Cl)cc3)C2)c1. The summed E-state index contributed by atoms with van der Waals surface area (Å²) in [5.74, 6) is 1.07. The van der Waals surface area contributed by atoms with Crippen molar-refractivity contribution in [2.24, 2.45) is 0 Å². The van der Waals surface area contributed by atoms with E-state index in [1.165, 1.54) is 5.56 Å². The molecule has 2 amide bonds. The number of ether oxygens (including phenoxy) is 1. The molecule has 1 saturated heterocycles. The van der Waals surface area contributed by atoms with Crippen molar-refractivity contribution in [1.29, 1.82) is 0 Å². The van der Waals surface area contributed by atoms with Gasteiger partial charge in [-0.2, -0.15) is 0 Å². The van der Waals surface area contributed by atoms with Gasteiger partial charge in [0.25, 0.3) is 0 Å². The average Bonchev–Trinajstić information content (AvgIpc) is 2.89. The summed E-state index contributed by atoms with van der Waals surface area (Å²) in [6, 6.07) is 15.3. The molecule has 1 fully saturated rings. The van der Waals surface area contributed by atoms with E-state index in [9.17, 15) is 4.79 Å². The highest BCUT2D eigenvalue weighted by molar-refractivity contribution is 6.30. The fourth-order valence-corrected chi connectivity index (χ4v) is 3.36. The maximum Gasteiger partial charge on any atom is 0.321 e. The number of urea groups is 1. The van der Waals surface area contributed by atoms with Crippen molar-refractivity contribution in [2.75, 3.05) is 25.5 Å². The Kier molecular flexibility index (Phi) is 5.82. The molecule has 1 aliphatic rings. The Labute approximate surface area is 153 Å². The molecule has 4 nitrogen and oxygen atoms in total. The van der Waals surface area contributed by atoms with E-state index in [0.29, 0.717) is 5.92 Å². The molecule has 2 aromatic carbocycles. The monoisotopic (exact) mass is 358 g/mol. The summed E-state index contributed by atoms with van der Waals surface area (Å²) >= 11 is 5.99. The zero-order valence-electron chi connectivity index (χ0n) is 14.4. The van der Waals surface area contributed by atoms with Gasteiger partial charge in [0.1, 0.15) is 5.75 Å². The quantitative estimate of drug-likeness (QED) is 0.824. The van der Waals surface area contributed by atoms with Crippen LogP contribution in [0, 0.1) is 0 Å². The van der Waals surface area contributed by atoms with E-state index in [4.69, 9.17) is 16.3 Å². The summed E-state index contributed by atoms with van der Waals surface area (Å²) in [7, 11) is 1.62. The number of carbonyl (C=O) groups excluding carboxylic acids is 1. The van der Waals surface area contributed by atoms with E-state index in [1.54, 1.807) is 7.11 Å². The second kappa shape index (κ2) is 8.26. The number of carbonyl (C=O) groups is 1. The van der Waals surface area contributed by atoms with Crippen LogP contribution in [0.25, 0.3) is 0 Å². The molecule has 5 heteroatoms. The lowest BCUT2D eigenvalue weighted by atomic mass is 9.94. The molecule has 25 heavy (non-hydrogen) atoms. The van der Waals surface area contributed by atoms with E-state index in [-0.39, 0.29) is 6.03 Å². The summed E-state index contributed by atoms with van der Waals surface area (Å²) in [4.78, 5) is 14.6. The number of hydrogen-bond donors (Lipinski definition) is 1. The van der Waals surface area contributed by atoms with Gasteiger partial charge in [0.2, 0.25) is 0 Å². The van der Waals surface area contributed by atoms with Gasteiger partial charge in [-0.05, 0) is 42.7 Å². The molecule has 1 heterocycles. The highest BCUT2D eigenvalue weighted by atomic mass is 35.5. The molecule has 3 rings (SSSR count). The fraction of sp³-hybridized carbons (Fsp3) is 0.350. The smallest absolute Gasteiger partial charge is 0.321 e. The van der Waals surface area contributed by atoms with Crippen LogP contribution in [0.1, 0.15) is 30.7 Å². The number of benzene rings is 2. The van der Waals surface area contributed by atoms with Gasteiger partial charge in [-0.1, -0.05) is 36.2 Å². The van der Waals surface area contributed by atoms with Crippen LogP contribution in [0.5, 0.6) is 5.75 Å². The first kappa shape index (κ1) is 17.6. The number of amides is 2. The zero-order chi connectivity index (χ0) is 17.6. The zero-order valence-corrected chi connectivity index (χ0v) is 15.1. The van der Waals surface area contributed by atoms with E-state index < -0.39 is 0 Å². The third-order valence-corrected chi connectivity index (χ3v) is 4.87. The van der Waals surface area contributed by atoms with Crippen LogP contribution in [0.2, 0.25) is 5.02 Å². The molecule has 0 bridgehead atoms. The number of nitrogens with zero attached hydrogens (tertiary/aromatic N) is 1. The lowest BCUT2D eigenvalue weighted by Gasteiger charge is -2.25. The van der Waals surface area contributed by atoms with Crippen LogP contribution >= 0.6 is 11.6 Å². The molecule has 1 N–H and O–H groups in total. The number of anilines is 1. The molecule has 132 valence electrons. The third kappa shape index (κ3) is 4.67. The Morgan fingerprint density at radius 2 is 2.00 bits per heavy atom. The molecule has 1 aliphatic heterocycles. The predicted molar refractivity (Wildman–Crippen MR) is 102 cm³/mol. The summed E-state index contributed by atoms with van der Waals surface area (Å²) in [6.45, 7) is 1.50. The fourth-order valence-electron chi connectivity index (χ4n) is 3.24. The van der Waals surface area contributed by atoms with Crippen molar-refractivity contribution < 1.29 is 9.53 Å². The van der Waals surface area contributed by atoms with Crippen molar-refractivity contribution in [3.8, 4) is 5.75 Å². The lowest BCUT2D eigenvalue weighted by Crippen LogP contribution is -2.37. The largest absolute Gasteiger partial charge is 0.497 e. The van der Waals surface area contributed by atoms with Gasteiger partial charge in [-0.3, -0.25) is 0 Å². The van der Waals surface area contributed by atoms with Crippen LogP contribution in [0.4, 0.5) is 10.5 Å². The van der Waals surface area contributed by atoms with E-state index in [0.717, 1.165) is 48.8 Å². The topological polar surface area (TPSA) is 41.6 Å². The highest BCUT2D eigenvalue weighted by Crippen LogP contribution is 2.28. The number of likely N-dealkylation sites (tertiary alicyclic amines) is 1. The van der Waals surface area contributed by atoms with Crippen LogP contribution < -0.4 is 10.1 Å². The molecular formula is C20H23ClN2O2. The molecule has 0 radical (unpaired) electrons. The molecule has 1 unspecified atom stereocenters. The van der Waals surface area contributed by atoms with Gasteiger partial charge in [-0.15, -0.1) is 0 Å². The minimum Gasteiger partial charge on any atom is -0.497 e. The molecule has 2 aromatic rings. The molecule has 0 saturated carbocycles. The average molecular weight is 359 g/mol. The van der Waals surface area contributed by atoms with Gasteiger partial charge < -0.3 is 15.0 Å². The predicted octanol–water partition coefficient (Wildman–Crippen LogP) is 5.15. The minimum absolute atomic E-state index is 0.0610. The van der Waals surface area contributed by atoms with E-state index in [1.807, 2.05) is 41.3 Å². The Morgan fingerprint density at radius 3 is 2.76 bits per heavy atom. The van der Waals surface area contributed by atoms with E-state index in [2.05, 4.69) is 17.4 Å². The molecule has 0 aromatic heterocycles. The van der Waals surface area contributed by atoms with Crippen molar-refractivity contribution in [3.05, 3.63) is 59.1 Å². The summed E-state index contributed by atoms with van der Waals surface area (Å²) in [6.07, 6.45) is 3.23. The third-order valence-electron chi connectivity index (χ3n) is 4.62. The van der Waals surface area contributed by atoms with Crippen LogP contribution in [-0.2, 0) is 0 Å². The Hall–Kier alpha value is -2.20. The van der Waals surface area contributed by atoms with Crippen molar-refractivity contribution in [2.45, 2.75) is 25.2 Å². The number of halogens is 1. The first-order chi connectivity index (χ1) is 12.2. The molecular weight excluding hydrogens is 336 g/mol. The van der Waals surface area contributed by atoms with Gasteiger partial charge in [0, 0.05) is 35.8 Å². The molecule has 1 atom stereocenters. The summed E-state index contributed by atoms with van der Waals surface area (Å²) in [5.41, 5.74) is 1.99. The summed E-state index contributed by atoms with van der Waals surface area (Å²) in [5, 5.41) is 3.72. The number of methoxy groups -OCH3 is 1.